The Balaban J connectivity index is 1.54. The van der Waals surface area contributed by atoms with Crippen LogP contribution in [-0.4, -0.2) is 35.3 Å². The van der Waals surface area contributed by atoms with E-state index in [4.69, 9.17) is 22.1 Å². The zero-order valence-corrected chi connectivity index (χ0v) is 17.7. The highest BCUT2D eigenvalue weighted by atomic mass is 35.5. The van der Waals surface area contributed by atoms with E-state index in [9.17, 15) is 4.79 Å². The number of hydrogen-bond donors (Lipinski definition) is 1. The molecule has 3 aromatic heterocycles. The number of hydrogen-bond acceptors (Lipinski definition) is 7. The van der Waals surface area contributed by atoms with Crippen molar-refractivity contribution in [1.82, 2.24) is 29.3 Å². The standard InChI is InChI=1S/C21H20ClN7O2/c1-28-7-6-24-18(28)12-31-20(30)14-5-3-4-13(8-14)9-15-11-29(2)27-19(15)16-10-17(22)26-21(23)25-16/h3-8,10-11H,9,12H2,1-2H3,(H2,23,25,26). The van der Waals surface area contributed by atoms with Gasteiger partial charge < -0.3 is 15.0 Å². The van der Waals surface area contributed by atoms with Gasteiger partial charge >= 0.3 is 5.97 Å². The number of nitrogen functional groups attached to an aromatic ring is 1. The van der Waals surface area contributed by atoms with E-state index in [1.807, 2.05) is 32.4 Å². The van der Waals surface area contributed by atoms with Gasteiger partial charge in [-0.15, -0.1) is 0 Å². The van der Waals surface area contributed by atoms with Crippen LogP contribution in [0.1, 0.15) is 27.3 Å². The van der Waals surface area contributed by atoms with Crippen LogP contribution in [-0.2, 0) is 31.9 Å². The Labute approximate surface area is 183 Å². The fraction of sp³-hybridized carbons (Fsp3) is 0.190. The van der Waals surface area contributed by atoms with Crippen LogP contribution in [0.3, 0.4) is 0 Å². The first-order chi connectivity index (χ1) is 14.9. The maximum Gasteiger partial charge on any atom is 0.338 e. The highest BCUT2D eigenvalue weighted by Crippen LogP contribution is 2.25. The summed E-state index contributed by atoms with van der Waals surface area (Å²) in [6.45, 7) is 0.106. The normalized spacial score (nSPS) is 10.9. The van der Waals surface area contributed by atoms with E-state index in [2.05, 4.69) is 20.1 Å². The van der Waals surface area contributed by atoms with Gasteiger partial charge in [-0.05, 0) is 17.7 Å². The first kappa shape index (κ1) is 20.5. The first-order valence-corrected chi connectivity index (χ1v) is 9.82. The van der Waals surface area contributed by atoms with Gasteiger partial charge in [-0.3, -0.25) is 4.68 Å². The molecule has 31 heavy (non-hydrogen) atoms. The van der Waals surface area contributed by atoms with E-state index in [0.29, 0.717) is 29.2 Å². The van der Waals surface area contributed by atoms with Crippen LogP contribution in [0.5, 0.6) is 0 Å². The molecule has 0 aliphatic heterocycles. The monoisotopic (exact) mass is 437 g/mol. The number of aromatic nitrogens is 6. The van der Waals surface area contributed by atoms with Gasteiger partial charge in [0, 0.05) is 50.7 Å². The molecule has 0 radical (unpaired) electrons. The Kier molecular flexibility index (Phi) is 5.68. The van der Waals surface area contributed by atoms with E-state index in [0.717, 1.165) is 11.1 Å². The number of benzene rings is 1. The lowest BCUT2D eigenvalue weighted by molar-refractivity contribution is 0.0459. The van der Waals surface area contributed by atoms with Crippen LogP contribution >= 0.6 is 11.6 Å². The van der Waals surface area contributed by atoms with Crippen LogP contribution in [0.2, 0.25) is 5.15 Å². The lowest BCUT2D eigenvalue weighted by Crippen LogP contribution is -2.08. The van der Waals surface area contributed by atoms with Gasteiger partial charge in [0.2, 0.25) is 5.95 Å². The second kappa shape index (κ2) is 8.57. The summed E-state index contributed by atoms with van der Waals surface area (Å²) in [4.78, 5) is 24.8. The summed E-state index contributed by atoms with van der Waals surface area (Å²) in [5.41, 5.74) is 9.23. The van der Waals surface area contributed by atoms with Crippen LogP contribution in [0.4, 0.5) is 5.95 Å². The predicted molar refractivity (Wildman–Crippen MR) is 115 cm³/mol. The number of esters is 1. The molecule has 0 amide bonds. The van der Waals surface area contributed by atoms with Crippen molar-refractivity contribution in [3.05, 3.63) is 76.6 Å². The second-order valence-corrected chi connectivity index (χ2v) is 7.41. The third-order valence-corrected chi connectivity index (χ3v) is 4.86. The zero-order chi connectivity index (χ0) is 22.0. The third kappa shape index (κ3) is 4.72. The first-order valence-electron chi connectivity index (χ1n) is 9.44. The molecule has 0 spiro atoms. The smallest absolute Gasteiger partial charge is 0.338 e. The molecule has 9 nitrogen and oxygen atoms in total. The fourth-order valence-corrected chi connectivity index (χ4v) is 3.41. The van der Waals surface area contributed by atoms with Gasteiger partial charge in [-0.1, -0.05) is 23.7 Å². The molecule has 158 valence electrons. The predicted octanol–water partition coefficient (Wildman–Crippen LogP) is 2.79. The summed E-state index contributed by atoms with van der Waals surface area (Å²) in [6, 6.07) is 8.91. The number of imidazole rings is 1. The molecule has 10 heteroatoms. The zero-order valence-electron chi connectivity index (χ0n) is 17.0. The van der Waals surface area contributed by atoms with E-state index in [1.165, 1.54) is 0 Å². The Morgan fingerprint density at radius 1 is 1.23 bits per heavy atom. The van der Waals surface area contributed by atoms with Crippen molar-refractivity contribution in [3.63, 3.8) is 0 Å². The number of halogens is 1. The molecule has 0 fully saturated rings. The molecule has 0 unspecified atom stereocenters. The van der Waals surface area contributed by atoms with Crippen molar-refractivity contribution in [2.45, 2.75) is 13.0 Å². The molecule has 0 aliphatic rings. The summed E-state index contributed by atoms with van der Waals surface area (Å²) < 4.78 is 8.90. The number of anilines is 1. The number of aryl methyl sites for hydroxylation is 2. The van der Waals surface area contributed by atoms with E-state index < -0.39 is 5.97 Å². The molecule has 4 rings (SSSR count). The van der Waals surface area contributed by atoms with Crippen molar-refractivity contribution in [1.29, 1.82) is 0 Å². The van der Waals surface area contributed by atoms with E-state index in [1.54, 1.807) is 39.8 Å². The number of carbonyl (C=O) groups is 1. The summed E-state index contributed by atoms with van der Waals surface area (Å²) >= 11 is 6.03. The topological polar surface area (TPSA) is 114 Å². The molecule has 1 aromatic carbocycles. The molecular formula is C21H20ClN7O2. The molecule has 3 heterocycles. The summed E-state index contributed by atoms with van der Waals surface area (Å²) in [5.74, 6) is 0.343. The largest absolute Gasteiger partial charge is 0.454 e. The Morgan fingerprint density at radius 2 is 2.06 bits per heavy atom. The van der Waals surface area contributed by atoms with Crippen LogP contribution in [0, 0.1) is 0 Å². The van der Waals surface area contributed by atoms with Crippen LogP contribution < -0.4 is 5.73 Å². The van der Waals surface area contributed by atoms with Crippen LogP contribution in [0.15, 0.2) is 48.9 Å². The van der Waals surface area contributed by atoms with Gasteiger partial charge in [-0.25, -0.2) is 19.7 Å². The van der Waals surface area contributed by atoms with E-state index >= 15 is 0 Å². The number of carbonyl (C=O) groups excluding carboxylic acids is 1. The SMILES string of the molecule is Cn1cc(Cc2cccc(C(=O)OCc3nccn3C)c2)c(-c2cc(Cl)nc(N)n2)n1. The lowest BCUT2D eigenvalue weighted by atomic mass is 10.0. The van der Waals surface area contributed by atoms with Crippen molar-refractivity contribution in [2.24, 2.45) is 14.1 Å². The van der Waals surface area contributed by atoms with Crippen molar-refractivity contribution < 1.29 is 9.53 Å². The maximum absolute atomic E-state index is 12.5. The maximum atomic E-state index is 12.5. The summed E-state index contributed by atoms with van der Waals surface area (Å²) in [6.07, 6.45) is 5.89. The highest BCUT2D eigenvalue weighted by Gasteiger charge is 2.15. The highest BCUT2D eigenvalue weighted by molar-refractivity contribution is 6.29. The fourth-order valence-electron chi connectivity index (χ4n) is 3.22. The molecule has 4 aromatic rings. The molecule has 0 bridgehead atoms. The number of nitrogens with zero attached hydrogens (tertiary/aromatic N) is 6. The summed E-state index contributed by atoms with van der Waals surface area (Å²) in [7, 11) is 3.67. The van der Waals surface area contributed by atoms with E-state index in [-0.39, 0.29) is 17.7 Å². The Hall–Kier alpha value is -3.72. The molecule has 0 saturated carbocycles. The van der Waals surface area contributed by atoms with Gasteiger partial charge in [0.25, 0.3) is 0 Å². The minimum atomic E-state index is -0.411. The minimum Gasteiger partial charge on any atom is -0.454 e. The Bertz CT molecular complexity index is 1230. The minimum absolute atomic E-state index is 0.0801. The average Bonchev–Trinajstić information content (AvgIpc) is 3.30. The van der Waals surface area contributed by atoms with Gasteiger partial charge in [0.05, 0.1) is 11.3 Å². The molecule has 0 aliphatic carbocycles. The number of ether oxygens (including phenoxy) is 1. The van der Waals surface area contributed by atoms with Crippen molar-refractivity contribution in [2.75, 3.05) is 5.73 Å². The molecule has 0 atom stereocenters. The molecular weight excluding hydrogens is 418 g/mol. The van der Waals surface area contributed by atoms with Crippen molar-refractivity contribution >= 4 is 23.5 Å². The third-order valence-electron chi connectivity index (χ3n) is 4.67. The van der Waals surface area contributed by atoms with Gasteiger partial charge in [-0.2, -0.15) is 5.10 Å². The van der Waals surface area contributed by atoms with Crippen molar-refractivity contribution in [3.8, 4) is 11.4 Å². The average molecular weight is 438 g/mol. The number of rotatable bonds is 6. The number of nitrogens with two attached hydrogens (primary N) is 1. The second-order valence-electron chi connectivity index (χ2n) is 7.02. The van der Waals surface area contributed by atoms with Gasteiger partial charge in [0.1, 0.15) is 23.3 Å². The quantitative estimate of drug-likeness (QED) is 0.364. The Morgan fingerprint density at radius 3 is 2.81 bits per heavy atom. The summed E-state index contributed by atoms with van der Waals surface area (Å²) in [5, 5.41) is 4.74. The van der Waals surface area contributed by atoms with Crippen LogP contribution in [0.25, 0.3) is 11.4 Å². The lowest BCUT2D eigenvalue weighted by Gasteiger charge is -2.07. The molecule has 0 saturated heterocycles. The molecule has 2 N–H and O–H groups in total. The van der Waals surface area contributed by atoms with Gasteiger partial charge in [0.15, 0.2) is 0 Å².